The van der Waals surface area contributed by atoms with E-state index in [1.165, 1.54) is 12.4 Å². The Kier molecular flexibility index (Phi) is 4.91. The molecule has 1 heterocycles. The van der Waals surface area contributed by atoms with E-state index in [0.29, 0.717) is 11.4 Å². The molecule has 18 heavy (non-hydrogen) atoms. The van der Waals surface area contributed by atoms with Crippen molar-refractivity contribution in [2.24, 2.45) is 5.92 Å². The summed E-state index contributed by atoms with van der Waals surface area (Å²) in [7, 11) is 0. The molecule has 1 aromatic rings. The van der Waals surface area contributed by atoms with Gasteiger partial charge in [-0.15, -0.1) is 0 Å². The topological polar surface area (TPSA) is 126 Å². The van der Waals surface area contributed by atoms with Crippen LogP contribution in [-0.4, -0.2) is 33.7 Å². The third-order valence-electron chi connectivity index (χ3n) is 2.45. The highest BCUT2D eigenvalue weighted by Gasteiger charge is 2.18. The first-order valence-electron chi connectivity index (χ1n) is 5.38. The number of hydrogen-bond acceptors (Lipinski definition) is 5. The summed E-state index contributed by atoms with van der Waals surface area (Å²) in [4.78, 5) is 25.2. The molecule has 0 aliphatic heterocycles. The van der Waals surface area contributed by atoms with E-state index in [1.807, 2.05) is 0 Å². The Bertz CT molecular complexity index is 436. The smallest absolute Gasteiger partial charge is 0.308 e. The molecule has 1 rings (SSSR count). The molecule has 1 atom stereocenters. The van der Waals surface area contributed by atoms with Gasteiger partial charge in [-0.05, 0) is 12.5 Å². The van der Waals surface area contributed by atoms with Crippen LogP contribution in [0.15, 0.2) is 18.5 Å². The summed E-state index contributed by atoms with van der Waals surface area (Å²) >= 11 is 0. The number of nitrogens with zero attached hydrogens (tertiary/aromatic N) is 1. The highest BCUT2D eigenvalue weighted by molar-refractivity contribution is 5.73. The number of carboxylic acids is 2. The Hall–Kier alpha value is -2.31. The Morgan fingerprint density at radius 2 is 2.17 bits per heavy atom. The van der Waals surface area contributed by atoms with Gasteiger partial charge in [-0.1, -0.05) is 0 Å². The maximum atomic E-state index is 10.9. The first-order chi connectivity index (χ1) is 8.50. The average Bonchev–Trinajstić information content (AvgIpc) is 2.30. The van der Waals surface area contributed by atoms with Gasteiger partial charge in [-0.25, -0.2) is 0 Å². The number of nitrogens with one attached hydrogen (secondary N) is 1. The number of rotatable bonds is 7. The summed E-state index contributed by atoms with van der Waals surface area (Å²) in [6.45, 7) is 0.122. The van der Waals surface area contributed by atoms with Crippen LogP contribution in [0.5, 0.6) is 0 Å². The summed E-state index contributed by atoms with van der Waals surface area (Å²) in [5, 5.41) is 20.4. The largest absolute Gasteiger partial charge is 0.481 e. The number of pyridine rings is 1. The van der Waals surface area contributed by atoms with Crippen molar-refractivity contribution in [3.8, 4) is 0 Å². The van der Waals surface area contributed by atoms with Crippen molar-refractivity contribution in [2.45, 2.75) is 12.8 Å². The van der Waals surface area contributed by atoms with Crippen LogP contribution in [0.1, 0.15) is 12.8 Å². The lowest BCUT2D eigenvalue weighted by Crippen LogP contribution is -2.24. The molecule has 0 saturated heterocycles. The van der Waals surface area contributed by atoms with Crippen LogP contribution in [0, 0.1) is 5.92 Å². The maximum Gasteiger partial charge on any atom is 0.308 e. The normalized spacial score (nSPS) is 11.8. The second kappa shape index (κ2) is 6.43. The third kappa shape index (κ3) is 4.28. The molecular formula is C11H15N3O4. The summed E-state index contributed by atoms with van der Waals surface area (Å²) in [6.07, 6.45) is 2.88. The molecule has 7 heteroatoms. The van der Waals surface area contributed by atoms with Crippen LogP contribution in [-0.2, 0) is 9.59 Å². The third-order valence-corrected chi connectivity index (χ3v) is 2.45. The Morgan fingerprint density at radius 3 is 2.72 bits per heavy atom. The lowest BCUT2D eigenvalue weighted by Gasteiger charge is -2.14. The first-order valence-corrected chi connectivity index (χ1v) is 5.38. The van der Waals surface area contributed by atoms with Crippen LogP contribution in [0.25, 0.3) is 0 Å². The molecule has 0 amide bonds. The van der Waals surface area contributed by atoms with Crippen LogP contribution in [0.4, 0.5) is 11.4 Å². The maximum absolute atomic E-state index is 10.9. The van der Waals surface area contributed by atoms with Gasteiger partial charge >= 0.3 is 11.9 Å². The van der Waals surface area contributed by atoms with E-state index < -0.39 is 17.9 Å². The minimum atomic E-state index is -1.03. The molecule has 0 radical (unpaired) electrons. The number of nitrogens with two attached hydrogens (primary N) is 1. The monoisotopic (exact) mass is 253 g/mol. The number of hydrogen-bond donors (Lipinski definition) is 4. The van der Waals surface area contributed by atoms with Crippen molar-refractivity contribution in [2.75, 3.05) is 17.6 Å². The van der Waals surface area contributed by atoms with E-state index in [-0.39, 0.29) is 19.4 Å². The second-order valence-electron chi connectivity index (χ2n) is 3.81. The van der Waals surface area contributed by atoms with E-state index in [2.05, 4.69) is 10.3 Å². The predicted octanol–water partition coefficient (Wildman–Crippen LogP) is 0.641. The fourth-order valence-corrected chi connectivity index (χ4v) is 1.41. The molecule has 98 valence electrons. The second-order valence-corrected chi connectivity index (χ2v) is 3.81. The van der Waals surface area contributed by atoms with E-state index >= 15 is 0 Å². The Labute approximate surface area is 104 Å². The van der Waals surface area contributed by atoms with Crippen molar-refractivity contribution in [1.29, 1.82) is 0 Å². The standard InChI is InChI=1S/C11H15N3O4/c12-8-6-13-4-3-9(8)14-5-7(11(17)18)1-2-10(15)16/h3-4,6-7H,1-2,5,12H2,(H,13,14)(H,15,16)(H,17,18). The summed E-state index contributed by atoms with van der Waals surface area (Å²) in [6, 6.07) is 1.63. The van der Waals surface area contributed by atoms with Crippen LogP contribution in [0.2, 0.25) is 0 Å². The molecule has 0 spiro atoms. The molecule has 0 aliphatic carbocycles. The van der Waals surface area contributed by atoms with Crippen molar-refractivity contribution in [3.05, 3.63) is 18.5 Å². The number of carbonyl (C=O) groups is 2. The fourth-order valence-electron chi connectivity index (χ4n) is 1.41. The zero-order valence-corrected chi connectivity index (χ0v) is 9.67. The van der Waals surface area contributed by atoms with E-state index in [9.17, 15) is 9.59 Å². The summed E-state index contributed by atoms with van der Waals surface area (Å²) in [5.74, 6) is -2.81. The van der Waals surface area contributed by atoms with Gasteiger partial charge in [0.05, 0.1) is 23.5 Å². The van der Waals surface area contributed by atoms with Crippen molar-refractivity contribution >= 4 is 23.3 Å². The van der Waals surface area contributed by atoms with Crippen LogP contribution in [0.3, 0.4) is 0 Å². The molecule has 7 nitrogen and oxygen atoms in total. The van der Waals surface area contributed by atoms with Crippen molar-refractivity contribution in [1.82, 2.24) is 4.98 Å². The number of anilines is 2. The molecule has 1 aromatic heterocycles. The van der Waals surface area contributed by atoms with Gasteiger partial charge in [0.2, 0.25) is 0 Å². The first kappa shape index (κ1) is 13.8. The predicted molar refractivity (Wildman–Crippen MR) is 65.1 cm³/mol. The fraction of sp³-hybridized carbons (Fsp3) is 0.364. The highest BCUT2D eigenvalue weighted by atomic mass is 16.4. The van der Waals surface area contributed by atoms with E-state index in [1.54, 1.807) is 6.07 Å². The number of carboxylic acid groups (broad SMARTS) is 2. The quantitative estimate of drug-likeness (QED) is 0.561. The van der Waals surface area contributed by atoms with Crippen molar-refractivity contribution in [3.63, 3.8) is 0 Å². The lowest BCUT2D eigenvalue weighted by molar-refractivity contribution is -0.142. The lowest BCUT2D eigenvalue weighted by atomic mass is 10.0. The van der Waals surface area contributed by atoms with Gasteiger partial charge in [-0.2, -0.15) is 0 Å². The minimum absolute atomic E-state index is 0.0721. The molecule has 0 fully saturated rings. The molecule has 5 N–H and O–H groups in total. The van der Waals surface area contributed by atoms with Gasteiger partial charge < -0.3 is 21.3 Å². The zero-order valence-electron chi connectivity index (χ0n) is 9.67. The molecule has 0 bridgehead atoms. The Balaban J connectivity index is 2.55. The summed E-state index contributed by atoms with van der Waals surface area (Å²) < 4.78 is 0. The zero-order chi connectivity index (χ0) is 13.5. The van der Waals surface area contributed by atoms with Gasteiger partial charge in [0, 0.05) is 19.2 Å². The molecule has 1 unspecified atom stereocenters. The van der Waals surface area contributed by atoms with Gasteiger partial charge in [0.25, 0.3) is 0 Å². The molecule has 0 aromatic carbocycles. The van der Waals surface area contributed by atoms with E-state index in [0.717, 1.165) is 0 Å². The summed E-state index contributed by atoms with van der Waals surface area (Å²) in [5.41, 5.74) is 6.64. The molecular weight excluding hydrogens is 238 g/mol. The van der Waals surface area contributed by atoms with E-state index in [4.69, 9.17) is 15.9 Å². The van der Waals surface area contributed by atoms with Crippen LogP contribution < -0.4 is 11.1 Å². The van der Waals surface area contributed by atoms with Gasteiger partial charge in [0.15, 0.2) is 0 Å². The number of aromatic nitrogens is 1. The minimum Gasteiger partial charge on any atom is -0.481 e. The highest BCUT2D eigenvalue weighted by Crippen LogP contribution is 2.17. The number of nitrogen functional groups attached to an aromatic ring is 1. The van der Waals surface area contributed by atoms with Crippen molar-refractivity contribution < 1.29 is 19.8 Å². The SMILES string of the molecule is Nc1cnccc1NCC(CCC(=O)O)C(=O)O. The van der Waals surface area contributed by atoms with Gasteiger partial charge in [0.1, 0.15) is 0 Å². The van der Waals surface area contributed by atoms with Gasteiger partial charge in [-0.3, -0.25) is 14.6 Å². The Morgan fingerprint density at radius 1 is 1.44 bits per heavy atom. The number of aliphatic carboxylic acids is 2. The molecule has 0 saturated carbocycles. The average molecular weight is 253 g/mol. The van der Waals surface area contributed by atoms with Crippen LogP contribution >= 0.6 is 0 Å². The molecule has 0 aliphatic rings.